The minimum atomic E-state index is -1.09. The molecule has 6 heteroatoms. The molecule has 0 amide bonds. The van der Waals surface area contributed by atoms with Gasteiger partial charge in [0.05, 0.1) is 22.3 Å². The van der Waals surface area contributed by atoms with Gasteiger partial charge >= 0.3 is 11.7 Å². The van der Waals surface area contributed by atoms with Crippen LogP contribution in [0.1, 0.15) is 15.9 Å². The van der Waals surface area contributed by atoms with Crippen LogP contribution in [0.4, 0.5) is 4.39 Å². The Morgan fingerprint density at radius 2 is 2.05 bits per heavy atom. The van der Waals surface area contributed by atoms with Gasteiger partial charge in [-0.15, -0.1) is 0 Å². The summed E-state index contributed by atoms with van der Waals surface area (Å²) in [5.41, 5.74) is 1.10. The number of imidazole rings is 1. The molecule has 0 radical (unpaired) electrons. The van der Waals surface area contributed by atoms with Crippen molar-refractivity contribution in [3.8, 4) is 5.69 Å². The molecule has 0 saturated heterocycles. The highest BCUT2D eigenvalue weighted by atomic mass is 19.1. The molecule has 3 aromatic rings. The molecular weight excluding hydrogens is 275 g/mol. The van der Waals surface area contributed by atoms with E-state index in [9.17, 15) is 14.0 Å². The molecule has 106 valence electrons. The van der Waals surface area contributed by atoms with E-state index in [0.29, 0.717) is 16.6 Å². The summed E-state index contributed by atoms with van der Waals surface area (Å²) in [6, 6.07) is 8.77. The molecule has 0 fully saturated rings. The zero-order chi connectivity index (χ0) is 15.1. The van der Waals surface area contributed by atoms with Gasteiger partial charge in [-0.05, 0) is 36.8 Å². The maximum absolute atomic E-state index is 14.1. The molecule has 21 heavy (non-hydrogen) atoms. The first-order valence-corrected chi connectivity index (χ1v) is 6.22. The van der Waals surface area contributed by atoms with E-state index >= 15 is 0 Å². The Bertz CT molecular complexity index is 904. The van der Waals surface area contributed by atoms with E-state index in [0.717, 1.165) is 0 Å². The summed E-state index contributed by atoms with van der Waals surface area (Å²) in [4.78, 5) is 25.6. The average molecular weight is 286 g/mol. The van der Waals surface area contributed by atoms with Gasteiger partial charge in [0.15, 0.2) is 0 Å². The highest BCUT2D eigenvalue weighted by Gasteiger charge is 2.15. The second kappa shape index (κ2) is 4.59. The third kappa shape index (κ3) is 2.01. The second-order valence-electron chi connectivity index (χ2n) is 4.71. The van der Waals surface area contributed by atoms with Crippen LogP contribution >= 0.6 is 0 Å². The predicted molar refractivity (Wildman–Crippen MR) is 75.6 cm³/mol. The predicted octanol–water partition coefficient (Wildman–Crippen LogP) is 2.46. The fourth-order valence-corrected chi connectivity index (χ4v) is 2.37. The number of rotatable bonds is 2. The first kappa shape index (κ1) is 13.1. The first-order chi connectivity index (χ1) is 9.99. The molecule has 2 aromatic carbocycles. The quantitative estimate of drug-likeness (QED) is 0.760. The van der Waals surface area contributed by atoms with Crippen LogP contribution in [0, 0.1) is 12.7 Å². The minimum Gasteiger partial charge on any atom is -0.478 e. The van der Waals surface area contributed by atoms with Crippen molar-refractivity contribution in [1.82, 2.24) is 9.55 Å². The molecule has 3 rings (SSSR count). The lowest BCUT2D eigenvalue weighted by Crippen LogP contribution is -2.17. The maximum atomic E-state index is 14.1. The largest absolute Gasteiger partial charge is 0.478 e. The summed E-state index contributed by atoms with van der Waals surface area (Å²) < 4.78 is 15.3. The standard InChI is InChI=1S/C15H11FN2O3/c1-8-3-2-4-10(16)13(8)18-12-6-5-9(14(19)20)7-11(12)17-15(18)21/h2-7H,1H3,(H,17,21)(H,19,20). The van der Waals surface area contributed by atoms with Crippen LogP contribution in [0.2, 0.25) is 0 Å². The Kier molecular flexibility index (Phi) is 2.86. The molecule has 5 nitrogen and oxygen atoms in total. The molecule has 2 N–H and O–H groups in total. The zero-order valence-corrected chi connectivity index (χ0v) is 11.1. The van der Waals surface area contributed by atoms with Gasteiger partial charge in [0.25, 0.3) is 0 Å². The number of aromatic amines is 1. The Morgan fingerprint density at radius 3 is 2.71 bits per heavy atom. The molecule has 0 aliphatic heterocycles. The number of hydrogen-bond acceptors (Lipinski definition) is 2. The number of nitrogens with one attached hydrogen (secondary N) is 1. The number of carbonyl (C=O) groups is 1. The molecule has 1 heterocycles. The fraction of sp³-hybridized carbons (Fsp3) is 0.0667. The van der Waals surface area contributed by atoms with E-state index in [4.69, 9.17) is 5.11 Å². The van der Waals surface area contributed by atoms with Crippen LogP contribution in [0.15, 0.2) is 41.2 Å². The number of H-pyrrole nitrogens is 1. The Balaban J connectivity index is 2.36. The SMILES string of the molecule is Cc1cccc(F)c1-n1c(=O)[nH]c2cc(C(=O)O)ccc21. The van der Waals surface area contributed by atoms with Crippen LogP contribution in [0.25, 0.3) is 16.7 Å². The normalized spacial score (nSPS) is 11.0. The third-order valence-electron chi connectivity index (χ3n) is 3.34. The van der Waals surface area contributed by atoms with Gasteiger partial charge in [-0.25, -0.2) is 14.0 Å². The van der Waals surface area contributed by atoms with Gasteiger partial charge in [-0.2, -0.15) is 0 Å². The van der Waals surface area contributed by atoms with E-state index in [1.54, 1.807) is 19.1 Å². The summed E-state index contributed by atoms with van der Waals surface area (Å²) >= 11 is 0. The summed E-state index contributed by atoms with van der Waals surface area (Å²) in [7, 11) is 0. The van der Waals surface area contributed by atoms with Crippen LogP contribution in [0.3, 0.4) is 0 Å². The summed E-state index contributed by atoms with van der Waals surface area (Å²) in [5, 5.41) is 8.97. The molecule has 0 spiro atoms. The number of para-hydroxylation sites is 1. The number of aromatic nitrogens is 2. The van der Waals surface area contributed by atoms with Crippen LogP contribution < -0.4 is 5.69 Å². The van der Waals surface area contributed by atoms with Crippen molar-refractivity contribution < 1.29 is 14.3 Å². The number of fused-ring (bicyclic) bond motifs is 1. The molecule has 0 bridgehead atoms. The number of carboxylic acids is 1. The molecule has 0 aliphatic carbocycles. The van der Waals surface area contributed by atoms with Crippen LogP contribution in [0.5, 0.6) is 0 Å². The van der Waals surface area contributed by atoms with Gasteiger partial charge < -0.3 is 10.1 Å². The molecule has 0 aliphatic rings. The average Bonchev–Trinajstić information content (AvgIpc) is 2.74. The molecule has 1 aromatic heterocycles. The molecular formula is C15H11FN2O3. The van der Waals surface area contributed by atoms with Crippen LogP contribution in [-0.4, -0.2) is 20.6 Å². The number of aryl methyl sites for hydroxylation is 1. The van der Waals surface area contributed by atoms with E-state index in [1.807, 2.05) is 0 Å². The Labute approximate surface area is 118 Å². The lowest BCUT2D eigenvalue weighted by Gasteiger charge is -2.08. The highest BCUT2D eigenvalue weighted by Crippen LogP contribution is 2.22. The monoisotopic (exact) mass is 286 g/mol. The van der Waals surface area contributed by atoms with Crippen molar-refractivity contribution in [2.24, 2.45) is 0 Å². The zero-order valence-electron chi connectivity index (χ0n) is 11.1. The number of nitrogens with zero attached hydrogens (tertiary/aromatic N) is 1. The minimum absolute atomic E-state index is 0.0566. The van der Waals surface area contributed by atoms with Crippen molar-refractivity contribution in [1.29, 1.82) is 0 Å². The first-order valence-electron chi connectivity index (χ1n) is 6.22. The topological polar surface area (TPSA) is 75.1 Å². The van der Waals surface area contributed by atoms with Gasteiger partial charge in [-0.1, -0.05) is 12.1 Å². The lowest BCUT2D eigenvalue weighted by atomic mass is 10.1. The molecule has 0 saturated carbocycles. The third-order valence-corrected chi connectivity index (χ3v) is 3.34. The fourth-order valence-electron chi connectivity index (χ4n) is 2.37. The van der Waals surface area contributed by atoms with Crippen molar-refractivity contribution in [2.45, 2.75) is 6.92 Å². The van der Waals surface area contributed by atoms with Gasteiger partial charge in [0.2, 0.25) is 0 Å². The van der Waals surface area contributed by atoms with Crippen molar-refractivity contribution in [3.63, 3.8) is 0 Å². The number of benzene rings is 2. The smallest absolute Gasteiger partial charge is 0.335 e. The van der Waals surface area contributed by atoms with E-state index in [2.05, 4.69) is 4.98 Å². The highest BCUT2D eigenvalue weighted by molar-refractivity contribution is 5.92. The van der Waals surface area contributed by atoms with E-state index < -0.39 is 17.5 Å². The number of halogens is 1. The number of carboxylic acid groups (broad SMARTS) is 1. The maximum Gasteiger partial charge on any atom is 0.335 e. The van der Waals surface area contributed by atoms with E-state index in [-0.39, 0.29) is 11.3 Å². The lowest BCUT2D eigenvalue weighted by molar-refractivity contribution is 0.0697. The van der Waals surface area contributed by atoms with Crippen LogP contribution in [-0.2, 0) is 0 Å². The second-order valence-corrected chi connectivity index (χ2v) is 4.71. The summed E-state index contributed by atoms with van der Waals surface area (Å²) in [5.74, 6) is -1.60. The molecule has 0 unspecified atom stereocenters. The van der Waals surface area contributed by atoms with Crippen molar-refractivity contribution >= 4 is 17.0 Å². The van der Waals surface area contributed by atoms with Gasteiger partial charge in [-0.3, -0.25) is 4.57 Å². The Morgan fingerprint density at radius 1 is 1.29 bits per heavy atom. The van der Waals surface area contributed by atoms with E-state index in [1.165, 1.54) is 28.8 Å². The number of aromatic carboxylic acids is 1. The van der Waals surface area contributed by atoms with Gasteiger partial charge in [0, 0.05) is 0 Å². The van der Waals surface area contributed by atoms with Gasteiger partial charge in [0.1, 0.15) is 5.82 Å². The van der Waals surface area contributed by atoms with Crippen molar-refractivity contribution in [2.75, 3.05) is 0 Å². The Hall–Kier alpha value is -2.89. The van der Waals surface area contributed by atoms with Crippen molar-refractivity contribution in [3.05, 3.63) is 63.8 Å². The molecule has 0 atom stereocenters. The summed E-state index contributed by atoms with van der Waals surface area (Å²) in [6.07, 6.45) is 0. The number of hydrogen-bond donors (Lipinski definition) is 2. The summed E-state index contributed by atoms with van der Waals surface area (Å²) in [6.45, 7) is 1.70.